The third-order valence-electron chi connectivity index (χ3n) is 3.19. The fraction of sp³-hybridized carbons (Fsp3) is 0.667. The Morgan fingerprint density at radius 3 is 2.79 bits per heavy atom. The molecule has 1 aliphatic carbocycles. The van der Waals surface area contributed by atoms with E-state index in [0.29, 0.717) is 16.6 Å². The number of amides is 1. The lowest BCUT2D eigenvalue weighted by molar-refractivity contribution is 0.0940. The van der Waals surface area contributed by atoms with Crippen molar-refractivity contribution in [3.05, 3.63) is 4.88 Å². The van der Waals surface area contributed by atoms with Crippen molar-refractivity contribution in [1.82, 2.24) is 10.3 Å². The molecule has 1 heterocycles. The molecule has 1 aromatic rings. The molecule has 0 atom stereocenters. The van der Waals surface area contributed by atoms with Crippen LogP contribution in [-0.2, 0) is 0 Å². The van der Waals surface area contributed by atoms with E-state index in [9.17, 15) is 9.90 Å². The molecule has 0 saturated heterocycles. The van der Waals surface area contributed by atoms with Crippen molar-refractivity contribution in [3.63, 3.8) is 0 Å². The first kappa shape index (κ1) is 14.1. The molecule has 1 amide bonds. The van der Waals surface area contributed by atoms with Gasteiger partial charge in [0.15, 0.2) is 5.13 Å². The van der Waals surface area contributed by atoms with Gasteiger partial charge in [-0.25, -0.2) is 4.98 Å². The Labute approximate surface area is 116 Å². The fourth-order valence-electron chi connectivity index (χ4n) is 1.72. The van der Waals surface area contributed by atoms with E-state index in [4.69, 9.17) is 5.73 Å². The van der Waals surface area contributed by atoms with Gasteiger partial charge in [-0.05, 0) is 26.7 Å². The molecule has 1 saturated carbocycles. The van der Waals surface area contributed by atoms with Gasteiger partial charge in [0.05, 0.1) is 6.61 Å². The van der Waals surface area contributed by atoms with E-state index in [2.05, 4.69) is 15.6 Å². The van der Waals surface area contributed by atoms with Crippen molar-refractivity contribution in [2.24, 2.45) is 5.41 Å². The van der Waals surface area contributed by atoms with Gasteiger partial charge in [0.2, 0.25) is 0 Å². The van der Waals surface area contributed by atoms with Gasteiger partial charge in [-0.1, -0.05) is 11.3 Å². The second-order valence-electron chi connectivity index (χ2n) is 5.37. The van der Waals surface area contributed by atoms with Gasteiger partial charge in [0.1, 0.15) is 10.7 Å². The zero-order valence-electron chi connectivity index (χ0n) is 11.2. The number of nitrogens with one attached hydrogen (secondary N) is 2. The molecule has 0 bridgehead atoms. The third kappa shape index (κ3) is 3.36. The van der Waals surface area contributed by atoms with Crippen molar-refractivity contribution in [2.45, 2.75) is 32.7 Å². The summed E-state index contributed by atoms with van der Waals surface area (Å²) in [5.74, 6) is 0.0334. The topological polar surface area (TPSA) is 100 Å². The number of carbonyl (C=O) groups is 1. The van der Waals surface area contributed by atoms with Gasteiger partial charge in [0, 0.05) is 18.0 Å². The number of rotatable bonds is 6. The number of nitrogens with two attached hydrogens (primary N) is 1. The molecule has 0 spiro atoms. The highest BCUT2D eigenvalue weighted by molar-refractivity contribution is 7.18. The summed E-state index contributed by atoms with van der Waals surface area (Å²) in [4.78, 5) is 16.6. The van der Waals surface area contributed by atoms with Crippen LogP contribution in [0.2, 0.25) is 0 Å². The summed E-state index contributed by atoms with van der Waals surface area (Å²) in [7, 11) is 0. The zero-order chi connectivity index (χ0) is 14.0. The number of aliphatic hydroxyl groups is 1. The minimum Gasteiger partial charge on any atom is -0.396 e. The van der Waals surface area contributed by atoms with Crippen LogP contribution in [0.4, 0.5) is 10.9 Å². The lowest BCUT2D eigenvalue weighted by Gasteiger charge is -2.11. The monoisotopic (exact) mass is 284 g/mol. The van der Waals surface area contributed by atoms with Crippen LogP contribution in [0.25, 0.3) is 0 Å². The standard InChI is InChI=1S/C12H20N4O2S/c1-7(2)15-11-16-9(13)8(19-11)10(18)14-5-12(6-17)3-4-12/h7,17H,3-6,13H2,1-2H3,(H,14,18)(H,15,16). The lowest BCUT2D eigenvalue weighted by Crippen LogP contribution is -2.31. The van der Waals surface area contributed by atoms with Crippen LogP contribution in [-0.4, -0.2) is 35.2 Å². The molecule has 0 aromatic carbocycles. The largest absolute Gasteiger partial charge is 0.396 e. The molecule has 0 unspecified atom stereocenters. The molecule has 1 aromatic heterocycles. The quantitative estimate of drug-likeness (QED) is 0.625. The Kier molecular flexibility index (Phi) is 3.96. The maximum Gasteiger partial charge on any atom is 0.265 e. The summed E-state index contributed by atoms with van der Waals surface area (Å²) in [5, 5.41) is 15.8. The number of anilines is 2. The van der Waals surface area contributed by atoms with E-state index >= 15 is 0 Å². The van der Waals surface area contributed by atoms with Crippen LogP contribution < -0.4 is 16.4 Å². The Morgan fingerprint density at radius 2 is 2.26 bits per heavy atom. The van der Waals surface area contributed by atoms with Crippen molar-refractivity contribution >= 4 is 28.2 Å². The molecule has 7 heteroatoms. The summed E-state index contributed by atoms with van der Waals surface area (Å²) < 4.78 is 0. The van der Waals surface area contributed by atoms with E-state index in [1.54, 1.807) is 0 Å². The van der Waals surface area contributed by atoms with Crippen LogP contribution in [0.3, 0.4) is 0 Å². The number of aliphatic hydroxyl groups excluding tert-OH is 1. The molecular formula is C12H20N4O2S. The van der Waals surface area contributed by atoms with Gasteiger partial charge in [-0.15, -0.1) is 0 Å². The molecule has 106 valence electrons. The Bertz CT molecular complexity index is 468. The average molecular weight is 284 g/mol. The number of carbonyl (C=O) groups excluding carboxylic acids is 1. The van der Waals surface area contributed by atoms with E-state index in [0.717, 1.165) is 12.8 Å². The van der Waals surface area contributed by atoms with Crippen LogP contribution in [0.1, 0.15) is 36.4 Å². The third-order valence-corrected chi connectivity index (χ3v) is 4.19. The average Bonchev–Trinajstić information content (AvgIpc) is 3.04. The smallest absolute Gasteiger partial charge is 0.265 e. The van der Waals surface area contributed by atoms with Crippen LogP contribution >= 0.6 is 11.3 Å². The van der Waals surface area contributed by atoms with Crippen molar-refractivity contribution < 1.29 is 9.90 Å². The fourth-order valence-corrected chi connectivity index (χ4v) is 2.67. The van der Waals surface area contributed by atoms with E-state index in [-0.39, 0.29) is 29.8 Å². The Balaban J connectivity index is 1.96. The molecule has 1 fully saturated rings. The van der Waals surface area contributed by atoms with E-state index < -0.39 is 0 Å². The molecule has 6 nitrogen and oxygen atoms in total. The first-order valence-corrected chi connectivity index (χ1v) is 7.19. The van der Waals surface area contributed by atoms with Gasteiger partial charge in [0.25, 0.3) is 5.91 Å². The number of nitrogens with zero attached hydrogens (tertiary/aromatic N) is 1. The molecule has 19 heavy (non-hydrogen) atoms. The molecule has 0 aliphatic heterocycles. The first-order chi connectivity index (χ1) is 8.96. The molecular weight excluding hydrogens is 264 g/mol. The first-order valence-electron chi connectivity index (χ1n) is 6.38. The molecule has 0 radical (unpaired) electrons. The normalized spacial score (nSPS) is 16.4. The number of aromatic nitrogens is 1. The van der Waals surface area contributed by atoms with Crippen molar-refractivity contribution in [3.8, 4) is 0 Å². The maximum absolute atomic E-state index is 12.0. The summed E-state index contributed by atoms with van der Waals surface area (Å²) in [6, 6.07) is 0.241. The van der Waals surface area contributed by atoms with Gasteiger partial charge in [-0.2, -0.15) is 0 Å². The summed E-state index contributed by atoms with van der Waals surface area (Å²) in [6.45, 7) is 4.60. The van der Waals surface area contributed by atoms with Crippen molar-refractivity contribution in [2.75, 3.05) is 24.2 Å². The van der Waals surface area contributed by atoms with Crippen LogP contribution in [0.5, 0.6) is 0 Å². The number of nitrogen functional groups attached to an aromatic ring is 1. The number of thiazole rings is 1. The predicted octanol–water partition coefficient (Wildman–Crippen LogP) is 1.05. The molecule has 1 aliphatic rings. The summed E-state index contributed by atoms with van der Waals surface area (Å²) >= 11 is 1.25. The molecule has 2 rings (SSSR count). The van der Waals surface area contributed by atoms with Crippen LogP contribution in [0.15, 0.2) is 0 Å². The maximum atomic E-state index is 12.0. The minimum absolute atomic E-state index is 0.103. The summed E-state index contributed by atoms with van der Waals surface area (Å²) in [6.07, 6.45) is 1.92. The van der Waals surface area contributed by atoms with Gasteiger partial charge < -0.3 is 21.5 Å². The summed E-state index contributed by atoms with van der Waals surface area (Å²) in [5.41, 5.74) is 5.65. The second kappa shape index (κ2) is 5.34. The van der Waals surface area contributed by atoms with E-state index in [1.165, 1.54) is 11.3 Å². The number of hydrogen-bond acceptors (Lipinski definition) is 6. The van der Waals surface area contributed by atoms with E-state index in [1.807, 2.05) is 13.8 Å². The minimum atomic E-state index is -0.216. The highest BCUT2D eigenvalue weighted by Crippen LogP contribution is 2.44. The predicted molar refractivity (Wildman–Crippen MR) is 76.4 cm³/mol. The highest BCUT2D eigenvalue weighted by atomic mass is 32.1. The molecule has 5 N–H and O–H groups in total. The second-order valence-corrected chi connectivity index (χ2v) is 6.37. The SMILES string of the molecule is CC(C)Nc1nc(N)c(C(=O)NCC2(CO)CC2)s1. The Morgan fingerprint density at radius 1 is 1.58 bits per heavy atom. The number of hydrogen-bond donors (Lipinski definition) is 4. The highest BCUT2D eigenvalue weighted by Gasteiger charge is 2.42. The van der Waals surface area contributed by atoms with Gasteiger partial charge >= 0.3 is 0 Å². The van der Waals surface area contributed by atoms with Crippen LogP contribution in [0, 0.1) is 5.41 Å². The Hall–Kier alpha value is -1.34. The zero-order valence-corrected chi connectivity index (χ0v) is 12.0. The lowest BCUT2D eigenvalue weighted by atomic mass is 10.1. The van der Waals surface area contributed by atoms with Gasteiger partial charge in [-0.3, -0.25) is 4.79 Å². The van der Waals surface area contributed by atoms with Crippen molar-refractivity contribution in [1.29, 1.82) is 0 Å².